The summed E-state index contributed by atoms with van der Waals surface area (Å²) in [5, 5.41) is 17.0. The first-order valence-corrected chi connectivity index (χ1v) is 29.2. The molecule has 22 nitrogen and oxygen atoms in total. The molecular weight excluding hydrogens is 1080 g/mol. The number of aliphatic imine (C=N–C) groups is 1. The van der Waals surface area contributed by atoms with E-state index in [2.05, 4.69) is 32.0 Å². The fraction of sp³-hybridized carbons (Fsp3) is 0.500. The molecule has 1 aromatic heterocycles. The number of fused-ring (bicyclic) bond motifs is 2. The van der Waals surface area contributed by atoms with E-state index in [0.717, 1.165) is 89.1 Å². The van der Waals surface area contributed by atoms with E-state index in [9.17, 15) is 28.8 Å². The van der Waals surface area contributed by atoms with Crippen molar-refractivity contribution >= 4 is 58.7 Å². The second kappa shape index (κ2) is 31.6. The van der Waals surface area contributed by atoms with Gasteiger partial charge < -0.3 is 60.3 Å². The Morgan fingerprint density at radius 3 is 2.18 bits per heavy atom. The van der Waals surface area contributed by atoms with Gasteiger partial charge in [0, 0.05) is 91.7 Å². The third kappa shape index (κ3) is 19.3. The third-order valence-corrected chi connectivity index (χ3v) is 14.6. The first kappa shape index (κ1) is 63.6. The minimum absolute atomic E-state index is 0.00142. The zero-order chi connectivity index (χ0) is 59.9. The first-order chi connectivity index (χ1) is 40.5. The van der Waals surface area contributed by atoms with Crippen molar-refractivity contribution in [3.8, 4) is 11.5 Å². The van der Waals surface area contributed by atoms with Crippen LogP contribution in [0.5, 0.6) is 11.5 Å². The van der Waals surface area contributed by atoms with Crippen LogP contribution in [0, 0.1) is 5.41 Å². The zero-order valence-corrected chi connectivity index (χ0v) is 48.7. The lowest BCUT2D eigenvalue weighted by Gasteiger charge is -2.42. The van der Waals surface area contributed by atoms with Crippen molar-refractivity contribution in [1.82, 2.24) is 20.1 Å². The highest BCUT2D eigenvalue weighted by Crippen LogP contribution is 2.34. The number of anilines is 2. The van der Waals surface area contributed by atoms with Gasteiger partial charge in [-0.2, -0.15) is 0 Å². The van der Waals surface area contributed by atoms with Gasteiger partial charge in [-0.05, 0) is 151 Å². The van der Waals surface area contributed by atoms with Gasteiger partial charge in [-0.15, -0.1) is 0 Å². The van der Waals surface area contributed by atoms with Gasteiger partial charge in [-0.25, -0.2) is 9.79 Å². The van der Waals surface area contributed by atoms with E-state index in [1.807, 2.05) is 32.9 Å². The quantitative estimate of drug-likeness (QED) is 0.0144. The molecule has 0 bridgehead atoms. The van der Waals surface area contributed by atoms with Crippen molar-refractivity contribution in [3.05, 3.63) is 113 Å². The number of ether oxygens (including phenoxy) is 6. The van der Waals surface area contributed by atoms with Crippen LogP contribution in [-0.4, -0.2) is 145 Å². The zero-order valence-electron chi connectivity index (χ0n) is 48.7. The van der Waals surface area contributed by atoms with Gasteiger partial charge >= 0.3 is 6.09 Å². The maximum Gasteiger partial charge on any atom is 0.410 e. The molecule has 0 aliphatic carbocycles. The summed E-state index contributed by atoms with van der Waals surface area (Å²) in [5.74, 6) is 0.427. The fourth-order valence-corrected chi connectivity index (χ4v) is 10.1. The van der Waals surface area contributed by atoms with Gasteiger partial charge in [0.05, 0.1) is 45.2 Å². The van der Waals surface area contributed by atoms with Crippen LogP contribution in [0.2, 0.25) is 0 Å². The molecule has 6 amide bonds. The molecule has 22 heteroatoms. The lowest BCUT2D eigenvalue weighted by molar-refractivity contribution is -0.137. The molecule has 0 saturated carbocycles. The largest absolute Gasteiger partial charge is 0.494 e. The van der Waals surface area contributed by atoms with Crippen LogP contribution in [0.25, 0.3) is 0 Å². The maximum atomic E-state index is 13.0. The second-order valence-electron chi connectivity index (χ2n) is 22.1. The first-order valence-electron chi connectivity index (χ1n) is 29.2. The Bertz CT molecular complexity index is 2920. The predicted molar refractivity (Wildman–Crippen MR) is 317 cm³/mol. The number of nitrogens with zero attached hydrogens (tertiary/aromatic N) is 4. The van der Waals surface area contributed by atoms with Crippen LogP contribution in [-0.2, 0) is 46.3 Å². The molecule has 452 valence electrons. The van der Waals surface area contributed by atoms with Gasteiger partial charge in [0.25, 0.3) is 5.91 Å². The number of unbranched alkanes of at least 4 members (excludes halogenated alkanes) is 5. The highest BCUT2D eigenvalue weighted by atomic mass is 16.6. The van der Waals surface area contributed by atoms with E-state index in [1.54, 1.807) is 71.9 Å². The van der Waals surface area contributed by atoms with E-state index in [0.29, 0.717) is 105 Å². The number of amidine groups is 2. The van der Waals surface area contributed by atoms with E-state index in [1.165, 1.54) is 10.5 Å². The highest BCUT2D eigenvalue weighted by molar-refractivity contribution is 6.08. The Morgan fingerprint density at radius 1 is 0.810 bits per heavy atom. The average molecular weight is 1160 g/mol. The van der Waals surface area contributed by atoms with E-state index >= 15 is 0 Å². The summed E-state index contributed by atoms with van der Waals surface area (Å²) < 4.78 is 34.0. The summed E-state index contributed by atoms with van der Waals surface area (Å²) in [4.78, 5) is 85.1. The number of carbonyl (C=O) groups excluding carboxylic acids is 6. The van der Waals surface area contributed by atoms with Crippen LogP contribution >= 0.6 is 0 Å². The van der Waals surface area contributed by atoms with Crippen LogP contribution in [0.15, 0.2) is 90.2 Å². The summed E-state index contributed by atoms with van der Waals surface area (Å²) in [6, 6.07) is 20.8. The Hall–Kier alpha value is -7.95. The molecule has 4 aliphatic heterocycles. The topological polar surface area (TPSA) is 302 Å². The number of benzene rings is 3. The molecule has 2 saturated heterocycles. The van der Waals surface area contributed by atoms with Gasteiger partial charge in [-0.1, -0.05) is 25.0 Å². The van der Waals surface area contributed by atoms with Crippen molar-refractivity contribution < 1.29 is 57.2 Å². The Labute approximate surface area is 491 Å². The molecule has 4 aliphatic rings. The number of aryl methyl sites for hydroxylation is 1. The smallest absolute Gasteiger partial charge is 0.410 e. The van der Waals surface area contributed by atoms with Gasteiger partial charge in [0.1, 0.15) is 29.0 Å². The van der Waals surface area contributed by atoms with Crippen LogP contribution in [0.4, 0.5) is 16.2 Å². The summed E-state index contributed by atoms with van der Waals surface area (Å²) in [6.07, 6.45) is 13.3. The number of likely N-dealkylation sites (tertiary alicyclic amines) is 1. The Balaban J connectivity index is 0.000000260. The Morgan fingerprint density at radius 2 is 1.49 bits per heavy atom. The fourth-order valence-electron chi connectivity index (χ4n) is 10.1. The molecule has 2 fully saturated rings. The van der Waals surface area contributed by atoms with Crippen molar-refractivity contribution in [1.29, 1.82) is 5.41 Å². The van der Waals surface area contributed by atoms with Crippen LogP contribution in [0.1, 0.15) is 142 Å². The number of carbonyl (C=O) groups is 6. The number of nitrogens with two attached hydrogens (primary N) is 2. The minimum atomic E-state index is -0.853. The molecule has 8 N–H and O–H groups in total. The molecule has 3 aromatic carbocycles. The number of pyridine rings is 1. The van der Waals surface area contributed by atoms with E-state index in [4.69, 9.17) is 45.3 Å². The molecule has 4 aromatic rings. The number of aromatic nitrogens is 1. The SMILES string of the molecule is CC(C)(C)OC(=O)N1CCC(Nc2cccc(C(N)=O)c2)(C(N)=NC(=N)c2ccncc2)CC1.O=C1CCC(N2Cc3c(NC(=O)CCCCCOCCOCCOCCCCCCOc4ccc5c(c4)CCCO5)cccc3C2=O)C(=O)N1. The highest BCUT2D eigenvalue weighted by Gasteiger charge is 2.42. The van der Waals surface area contributed by atoms with Crippen molar-refractivity contribution in [2.45, 2.75) is 134 Å². The number of piperidine rings is 2. The monoisotopic (exact) mass is 1160 g/mol. The Kier molecular flexibility index (Phi) is 24.0. The predicted octanol–water partition coefficient (Wildman–Crippen LogP) is 7.71. The van der Waals surface area contributed by atoms with E-state index in [-0.39, 0.29) is 42.4 Å². The minimum Gasteiger partial charge on any atom is -0.494 e. The van der Waals surface area contributed by atoms with Crippen molar-refractivity contribution in [2.75, 3.05) is 76.6 Å². The van der Waals surface area contributed by atoms with Gasteiger partial charge in [0.2, 0.25) is 23.6 Å². The molecule has 1 unspecified atom stereocenters. The number of amides is 6. The molecule has 0 radical (unpaired) electrons. The number of imide groups is 1. The summed E-state index contributed by atoms with van der Waals surface area (Å²) in [5.41, 5.74) is 15.0. The molecule has 84 heavy (non-hydrogen) atoms. The van der Waals surface area contributed by atoms with Crippen molar-refractivity contribution in [3.63, 3.8) is 0 Å². The van der Waals surface area contributed by atoms with Crippen LogP contribution < -0.4 is 36.9 Å². The standard InChI is InChI=1S/C38H51N3O9.C24H31N7O3/c42-35(39-32-12-8-11-30-31(32)27-41(38(30)45)33-15-17-36(43)40-37(33)44)13-4-3-6-19-47-23-25-48-24-22-46-18-5-1-2-7-20-49-29-14-16-34-28(26-29)10-9-21-50-34;1-23(2,3)34-22(33)31-13-9-24(10-14-31,30-18-6-4-5-17(15-18)20(26)32)21(27)29-19(25)16-7-11-28-12-8-16/h8,11-12,14,16,26,33H,1-7,9-10,13,15,17-25,27H2,(H,39,42)(H,40,43,44);4-8,11-12,15,30H,9-10,13-14H2,1-3H3,(H2,26,32)(H3,25,27,29). The van der Waals surface area contributed by atoms with Crippen LogP contribution in [0.3, 0.4) is 0 Å². The molecule has 5 heterocycles. The second-order valence-corrected chi connectivity index (χ2v) is 22.1. The third-order valence-electron chi connectivity index (χ3n) is 14.6. The van der Waals surface area contributed by atoms with Gasteiger partial charge in [-0.3, -0.25) is 39.7 Å². The lowest BCUT2D eigenvalue weighted by Crippen LogP contribution is -2.58. The maximum absolute atomic E-state index is 13.0. The lowest BCUT2D eigenvalue weighted by atomic mass is 9.85. The summed E-state index contributed by atoms with van der Waals surface area (Å²) in [6.45, 7) is 11.5. The van der Waals surface area contributed by atoms with Crippen molar-refractivity contribution in [2.24, 2.45) is 16.5 Å². The molecule has 8 rings (SSSR count). The number of primary amides is 1. The summed E-state index contributed by atoms with van der Waals surface area (Å²) >= 11 is 0. The van der Waals surface area contributed by atoms with E-state index < -0.39 is 35.1 Å². The van der Waals surface area contributed by atoms with Gasteiger partial charge in [0.15, 0.2) is 5.84 Å². The summed E-state index contributed by atoms with van der Waals surface area (Å²) in [7, 11) is 0. The molecular formula is C62H82N10O12. The average Bonchev–Trinajstić information content (AvgIpc) is 2.02. The number of hydrogen-bond donors (Lipinski definition) is 6. The normalized spacial score (nSPS) is 16.5. The number of rotatable bonds is 27. The number of nitrogens with one attached hydrogen (secondary N) is 4. The molecule has 0 spiro atoms. The molecule has 1 atom stereocenters. The number of hydrogen-bond acceptors (Lipinski definition) is 15.